The number of sulfonamides is 1. The van der Waals surface area contributed by atoms with Gasteiger partial charge in [0.2, 0.25) is 10.0 Å². The monoisotopic (exact) mass is 428 g/mol. The van der Waals surface area contributed by atoms with Crippen molar-refractivity contribution in [1.82, 2.24) is 5.32 Å². The normalized spacial score (nSPS) is 11.3. The van der Waals surface area contributed by atoms with Crippen molar-refractivity contribution in [3.63, 3.8) is 0 Å². The van der Waals surface area contributed by atoms with Gasteiger partial charge < -0.3 is 5.32 Å². The number of anilines is 1. The molecule has 0 atom stereocenters. The Labute approximate surface area is 170 Å². The Morgan fingerprint density at radius 2 is 1.67 bits per heavy atom. The van der Waals surface area contributed by atoms with Gasteiger partial charge >= 0.3 is 0 Å². The molecule has 0 aromatic heterocycles. The fraction of sp³-hybridized carbons (Fsp3) is 0.316. The third-order valence-corrected chi connectivity index (χ3v) is 5.47. The van der Waals surface area contributed by atoms with Crippen LogP contribution in [0.25, 0.3) is 0 Å². The summed E-state index contributed by atoms with van der Waals surface area (Å²) in [5.74, 6) is -0.142. The first kappa shape index (κ1) is 21.5. The van der Waals surface area contributed by atoms with E-state index in [2.05, 4.69) is 12.2 Å². The number of amides is 1. The van der Waals surface area contributed by atoms with Crippen LogP contribution in [0, 0.1) is 0 Å². The average molecular weight is 429 g/mol. The van der Waals surface area contributed by atoms with Gasteiger partial charge in [-0.05, 0) is 42.3 Å². The molecule has 1 amide bonds. The SMILES string of the molecule is CCCCNC(=O)c1ccc(CN(c2cc(Cl)cc(Cl)c2)S(C)(=O)=O)cc1. The summed E-state index contributed by atoms with van der Waals surface area (Å²) < 4.78 is 25.7. The van der Waals surface area contributed by atoms with Crippen LogP contribution >= 0.6 is 23.2 Å². The highest BCUT2D eigenvalue weighted by atomic mass is 35.5. The fourth-order valence-corrected chi connectivity index (χ4v) is 3.88. The van der Waals surface area contributed by atoms with E-state index < -0.39 is 10.0 Å². The van der Waals surface area contributed by atoms with E-state index in [0.717, 1.165) is 24.7 Å². The Morgan fingerprint density at radius 3 is 2.19 bits per heavy atom. The van der Waals surface area contributed by atoms with E-state index in [4.69, 9.17) is 23.2 Å². The van der Waals surface area contributed by atoms with Crippen LogP contribution < -0.4 is 9.62 Å². The third kappa shape index (κ3) is 6.41. The maximum absolute atomic E-state index is 12.3. The van der Waals surface area contributed by atoms with Crippen LogP contribution in [0.2, 0.25) is 10.0 Å². The summed E-state index contributed by atoms with van der Waals surface area (Å²) in [4.78, 5) is 12.1. The minimum absolute atomic E-state index is 0.104. The quantitative estimate of drug-likeness (QED) is 0.629. The van der Waals surface area contributed by atoms with Crippen molar-refractivity contribution in [3.05, 3.63) is 63.6 Å². The lowest BCUT2D eigenvalue weighted by atomic mass is 10.1. The van der Waals surface area contributed by atoms with E-state index in [-0.39, 0.29) is 12.5 Å². The minimum atomic E-state index is -3.55. The van der Waals surface area contributed by atoms with Crippen LogP contribution in [0.4, 0.5) is 5.69 Å². The van der Waals surface area contributed by atoms with E-state index in [9.17, 15) is 13.2 Å². The summed E-state index contributed by atoms with van der Waals surface area (Å²) in [6.07, 6.45) is 3.06. The molecule has 2 aromatic rings. The minimum Gasteiger partial charge on any atom is -0.352 e. The summed E-state index contributed by atoms with van der Waals surface area (Å²) in [6, 6.07) is 11.5. The number of hydrogen-bond donors (Lipinski definition) is 1. The summed E-state index contributed by atoms with van der Waals surface area (Å²) in [5.41, 5.74) is 1.66. The maximum Gasteiger partial charge on any atom is 0.251 e. The van der Waals surface area contributed by atoms with E-state index in [0.29, 0.717) is 27.8 Å². The summed E-state index contributed by atoms with van der Waals surface area (Å²) >= 11 is 12.0. The number of benzene rings is 2. The molecule has 8 heteroatoms. The van der Waals surface area contributed by atoms with Crippen LogP contribution in [0.1, 0.15) is 35.7 Å². The van der Waals surface area contributed by atoms with E-state index >= 15 is 0 Å². The Kier molecular flexibility index (Phi) is 7.53. The number of nitrogens with zero attached hydrogens (tertiary/aromatic N) is 1. The van der Waals surface area contributed by atoms with Crippen LogP contribution in [0.3, 0.4) is 0 Å². The van der Waals surface area contributed by atoms with Gasteiger partial charge in [0.1, 0.15) is 0 Å². The standard InChI is InChI=1S/C19H22Cl2N2O3S/c1-3-4-9-22-19(24)15-7-5-14(6-8-15)13-23(27(2,25)26)18-11-16(20)10-17(21)12-18/h5-8,10-12H,3-4,9,13H2,1-2H3,(H,22,24). The van der Waals surface area contributed by atoms with E-state index in [1.807, 2.05) is 0 Å². The van der Waals surface area contributed by atoms with Crippen molar-refractivity contribution in [2.75, 3.05) is 17.1 Å². The first-order valence-corrected chi connectivity index (χ1v) is 11.1. The predicted molar refractivity (Wildman–Crippen MR) is 111 cm³/mol. The van der Waals surface area contributed by atoms with Gasteiger partial charge in [-0.25, -0.2) is 8.42 Å². The lowest BCUT2D eigenvalue weighted by Crippen LogP contribution is -2.29. The average Bonchev–Trinajstić information content (AvgIpc) is 2.58. The molecule has 2 aromatic carbocycles. The molecule has 0 aliphatic heterocycles. The highest BCUT2D eigenvalue weighted by molar-refractivity contribution is 7.92. The zero-order chi connectivity index (χ0) is 20.0. The van der Waals surface area contributed by atoms with Crippen molar-refractivity contribution in [3.8, 4) is 0 Å². The molecule has 27 heavy (non-hydrogen) atoms. The molecule has 2 rings (SSSR count). The molecule has 146 valence electrons. The number of rotatable bonds is 8. The van der Waals surface area contributed by atoms with Crippen LogP contribution in [-0.4, -0.2) is 27.1 Å². The molecule has 1 N–H and O–H groups in total. The second-order valence-corrected chi connectivity index (χ2v) is 8.98. The van der Waals surface area contributed by atoms with E-state index in [1.54, 1.807) is 42.5 Å². The Hall–Kier alpha value is -1.76. The summed E-state index contributed by atoms with van der Waals surface area (Å²) in [7, 11) is -3.55. The molecule has 0 heterocycles. The second-order valence-electron chi connectivity index (χ2n) is 6.20. The van der Waals surface area contributed by atoms with Gasteiger partial charge in [-0.2, -0.15) is 0 Å². The molecule has 0 unspecified atom stereocenters. The third-order valence-electron chi connectivity index (χ3n) is 3.89. The Morgan fingerprint density at radius 1 is 1.07 bits per heavy atom. The molecule has 0 saturated heterocycles. The number of hydrogen-bond acceptors (Lipinski definition) is 3. The highest BCUT2D eigenvalue weighted by Crippen LogP contribution is 2.28. The second kappa shape index (κ2) is 9.44. The molecular formula is C19H22Cl2N2O3S. The van der Waals surface area contributed by atoms with Crippen molar-refractivity contribution in [1.29, 1.82) is 0 Å². The highest BCUT2D eigenvalue weighted by Gasteiger charge is 2.19. The first-order valence-electron chi connectivity index (χ1n) is 8.51. The molecule has 5 nitrogen and oxygen atoms in total. The molecule has 0 saturated carbocycles. The lowest BCUT2D eigenvalue weighted by Gasteiger charge is -2.23. The van der Waals surface area contributed by atoms with Crippen molar-refractivity contribution < 1.29 is 13.2 Å². The van der Waals surface area contributed by atoms with Gasteiger partial charge in [0.25, 0.3) is 5.91 Å². The van der Waals surface area contributed by atoms with Crippen molar-refractivity contribution >= 4 is 44.8 Å². The van der Waals surface area contributed by atoms with Gasteiger partial charge in [-0.3, -0.25) is 9.10 Å². The summed E-state index contributed by atoms with van der Waals surface area (Å²) in [6.45, 7) is 2.79. The predicted octanol–water partition coefficient (Wildman–Crippen LogP) is 4.49. The van der Waals surface area contributed by atoms with Gasteiger partial charge in [0.15, 0.2) is 0 Å². The lowest BCUT2D eigenvalue weighted by molar-refractivity contribution is 0.0953. The molecule has 0 fully saturated rings. The van der Waals surface area contributed by atoms with Gasteiger partial charge in [0.05, 0.1) is 18.5 Å². The van der Waals surface area contributed by atoms with Crippen molar-refractivity contribution in [2.24, 2.45) is 0 Å². The van der Waals surface area contributed by atoms with E-state index in [1.165, 1.54) is 4.31 Å². The Balaban J connectivity index is 2.20. The number of carbonyl (C=O) groups excluding carboxylic acids is 1. The number of unbranched alkanes of at least 4 members (excludes halogenated alkanes) is 1. The van der Waals surface area contributed by atoms with Gasteiger partial charge in [-0.15, -0.1) is 0 Å². The largest absolute Gasteiger partial charge is 0.352 e. The van der Waals surface area contributed by atoms with Crippen LogP contribution in [0.15, 0.2) is 42.5 Å². The topological polar surface area (TPSA) is 66.5 Å². The number of halogens is 2. The molecular weight excluding hydrogens is 407 g/mol. The van der Waals surface area contributed by atoms with Gasteiger partial charge in [0, 0.05) is 22.2 Å². The first-order chi connectivity index (χ1) is 12.7. The molecule has 0 spiro atoms. The molecule has 0 bridgehead atoms. The zero-order valence-corrected chi connectivity index (χ0v) is 17.5. The maximum atomic E-state index is 12.3. The molecule has 0 aliphatic carbocycles. The van der Waals surface area contributed by atoms with Crippen molar-refractivity contribution in [2.45, 2.75) is 26.3 Å². The number of carbonyl (C=O) groups is 1. The number of nitrogens with one attached hydrogen (secondary N) is 1. The van der Waals surface area contributed by atoms with Crippen LogP contribution in [0.5, 0.6) is 0 Å². The zero-order valence-electron chi connectivity index (χ0n) is 15.2. The Bertz CT molecular complexity index is 879. The smallest absolute Gasteiger partial charge is 0.251 e. The van der Waals surface area contributed by atoms with Crippen LogP contribution in [-0.2, 0) is 16.6 Å². The fourth-order valence-electron chi connectivity index (χ4n) is 2.49. The molecule has 0 aliphatic rings. The van der Waals surface area contributed by atoms with Gasteiger partial charge in [-0.1, -0.05) is 48.7 Å². The summed E-state index contributed by atoms with van der Waals surface area (Å²) in [5, 5.41) is 3.55. The molecule has 0 radical (unpaired) electrons.